The highest BCUT2D eigenvalue weighted by Crippen LogP contribution is 2.27. The fraction of sp³-hybridized carbons (Fsp3) is 0.250. The van der Waals surface area contributed by atoms with E-state index in [9.17, 15) is 4.79 Å². The van der Waals surface area contributed by atoms with E-state index < -0.39 is 0 Å². The zero-order chi connectivity index (χ0) is 26.3. The third kappa shape index (κ3) is 6.28. The highest BCUT2D eigenvalue weighted by molar-refractivity contribution is 6.00. The lowest BCUT2D eigenvalue weighted by Gasteiger charge is -2.28. The first kappa shape index (κ1) is 25.2. The van der Waals surface area contributed by atoms with Gasteiger partial charge >= 0.3 is 0 Å². The van der Waals surface area contributed by atoms with Gasteiger partial charge < -0.3 is 25.2 Å². The Hall–Kier alpha value is -4.41. The van der Waals surface area contributed by atoms with Crippen LogP contribution in [0.4, 0.5) is 23.0 Å². The summed E-state index contributed by atoms with van der Waals surface area (Å²) in [4.78, 5) is 34.8. The Labute approximate surface area is 221 Å². The van der Waals surface area contributed by atoms with Gasteiger partial charge in [0.25, 0.3) is 0 Å². The molecule has 0 saturated carbocycles. The van der Waals surface area contributed by atoms with Gasteiger partial charge in [-0.25, -0.2) is 9.97 Å². The quantitative estimate of drug-likeness (QED) is 0.343. The topological polar surface area (TPSA) is 108 Å². The molecule has 10 heteroatoms. The average Bonchev–Trinajstić information content (AvgIpc) is 2.93. The van der Waals surface area contributed by atoms with Crippen LogP contribution in [0.2, 0.25) is 0 Å². The number of ether oxygens (including phenoxy) is 1. The minimum Gasteiger partial charge on any atom is -0.378 e. The number of fused-ring (bicyclic) bond motifs is 1. The van der Waals surface area contributed by atoms with Gasteiger partial charge in [0.2, 0.25) is 11.9 Å². The number of carbonyl (C=O) groups is 1. The fourth-order valence-corrected chi connectivity index (χ4v) is 4.10. The van der Waals surface area contributed by atoms with Crippen LogP contribution in [0.5, 0.6) is 0 Å². The Morgan fingerprint density at radius 2 is 1.82 bits per heavy atom. The Morgan fingerprint density at radius 1 is 1.03 bits per heavy atom. The number of nitrogens with zero attached hydrogens (tertiary/aromatic N) is 6. The van der Waals surface area contributed by atoms with Crippen LogP contribution in [0.1, 0.15) is 0 Å². The predicted molar refractivity (Wildman–Crippen MR) is 150 cm³/mol. The standard InChI is InChI=1S/C28H30N8O2/c1-35(2)13-3-4-25(37)32-22-10-12-29-24(18-22)27-26-20(9-11-30-27)19-31-28(34-26)33-21-5-7-23(8-6-21)36-14-16-38-17-15-36/h3-12,18-19H,13-17H2,1-2H3,(H,29,32,37)(H,31,33,34)/b4-3+. The molecule has 1 amide bonds. The van der Waals surface area contributed by atoms with E-state index in [1.807, 2.05) is 43.3 Å². The van der Waals surface area contributed by atoms with Crippen molar-refractivity contribution < 1.29 is 9.53 Å². The van der Waals surface area contributed by atoms with E-state index in [-0.39, 0.29) is 5.91 Å². The zero-order valence-corrected chi connectivity index (χ0v) is 21.5. The smallest absolute Gasteiger partial charge is 0.248 e. The molecule has 38 heavy (non-hydrogen) atoms. The number of amides is 1. The first-order chi connectivity index (χ1) is 18.5. The highest BCUT2D eigenvalue weighted by atomic mass is 16.5. The van der Waals surface area contributed by atoms with E-state index in [4.69, 9.17) is 9.72 Å². The van der Waals surface area contributed by atoms with E-state index in [1.165, 1.54) is 6.08 Å². The molecule has 1 aliphatic rings. The normalized spacial score (nSPS) is 13.8. The van der Waals surface area contributed by atoms with E-state index in [1.54, 1.807) is 30.7 Å². The average molecular weight is 511 g/mol. The van der Waals surface area contributed by atoms with Crippen molar-refractivity contribution >= 4 is 39.8 Å². The molecule has 3 aromatic heterocycles. The van der Waals surface area contributed by atoms with Crippen molar-refractivity contribution in [2.24, 2.45) is 0 Å². The monoisotopic (exact) mass is 510 g/mol. The van der Waals surface area contributed by atoms with E-state index in [2.05, 4.69) is 42.6 Å². The number of likely N-dealkylation sites (N-methyl/N-ethyl adjacent to an activating group) is 1. The van der Waals surface area contributed by atoms with Gasteiger partial charge in [0.15, 0.2) is 0 Å². The minimum absolute atomic E-state index is 0.205. The second-order valence-electron chi connectivity index (χ2n) is 9.15. The van der Waals surface area contributed by atoms with Crippen molar-refractivity contribution in [3.63, 3.8) is 0 Å². The number of carbonyl (C=O) groups excluding carboxylic acids is 1. The molecule has 1 fully saturated rings. The van der Waals surface area contributed by atoms with E-state index in [0.717, 1.165) is 43.1 Å². The van der Waals surface area contributed by atoms with Crippen LogP contribution < -0.4 is 15.5 Å². The molecule has 1 aliphatic heterocycles. The molecule has 2 N–H and O–H groups in total. The van der Waals surface area contributed by atoms with Gasteiger partial charge in [0.1, 0.15) is 11.2 Å². The first-order valence-corrected chi connectivity index (χ1v) is 12.5. The van der Waals surface area contributed by atoms with Crippen molar-refractivity contribution in [1.29, 1.82) is 0 Å². The van der Waals surface area contributed by atoms with E-state index in [0.29, 0.717) is 35.1 Å². The number of aromatic nitrogens is 4. The molecule has 4 aromatic rings. The lowest BCUT2D eigenvalue weighted by atomic mass is 10.1. The van der Waals surface area contributed by atoms with E-state index >= 15 is 0 Å². The lowest BCUT2D eigenvalue weighted by Crippen LogP contribution is -2.36. The lowest BCUT2D eigenvalue weighted by molar-refractivity contribution is -0.111. The molecular weight excluding hydrogens is 480 g/mol. The molecular formula is C28H30N8O2. The van der Waals surface area contributed by atoms with Crippen LogP contribution in [0.15, 0.2) is 73.2 Å². The Kier molecular flexibility index (Phi) is 7.81. The maximum absolute atomic E-state index is 12.3. The summed E-state index contributed by atoms with van der Waals surface area (Å²) in [5.74, 6) is 0.254. The molecule has 10 nitrogen and oxygen atoms in total. The number of rotatable bonds is 8. The summed E-state index contributed by atoms with van der Waals surface area (Å²) < 4.78 is 5.44. The van der Waals surface area contributed by atoms with Crippen LogP contribution in [0, 0.1) is 0 Å². The third-order valence-electron chi connectivity index (χ3n) is 6.01. The Bertz CT molecular complexity index is 1430. The summed E-state index contributed by atoms with van der Waals surface area (Å²) >= 11 is 0. The molecule has 4 heterocycles. The second-order valence-corrected chi connectivity index (χ2v) is 9.15. The number of benzene rings is 1. The summed E-state index contributed by atoms with van der Waals surface area (Å²) in [6, 6.07) is 13.6. The summed E-state index contributed by atoms with van der Waals surface area (Å²) in [6.45, 7) is 3.96. The molecule has 0 spiro atoms. The molecule has 5 rings (SSSR count). The number of hydrogen-bond acceptors (Lipinski definition) is 9. The molecule has 0 aliphatic carbocycles. The number of pyridine rings is 2. The molecule has 0 unspecified atom stereocenters. The van der Waals surface area contributed by atoms with Gasteiger partial charge in [-0.2, -0.15) is 0 Å². The van der Waals surface area contributed by atoms with Gasteiger partial charge in [0.05, 0.1) is 18.9 Å². The first-order valence-electron chi connectivity index (χ1n) is 12.5. The molecule has 0 radical (unpaired) electrons. The van der Waals surface area contributed by atoms with Gasteiger partial charge in [0, 0.05) is 66.7 Å². The summed E-state index contributed by atoms with van der Waals surface area (Å²) in [7, 11) is 3.89. The Balaban J connectivity index is 1.35. The van der Waals surface area contributed by atoms with Crippen molar-refractivity contribution in [1.82, 2.24) is 24.8 Å². The summed E-state index contributed by atoms with van der Waals surface area (Å²) in [6.07, 6.45) is 8.44. The van der Waals surface area contributed by atoms with Crippen LogP contribution in [0.25, 0.3) is 22.3 Å². The molecule has 1 saturated heterocycles. The highest BCUT2D eigenvalue weighted by Gasteiger charge is 2.13. The SMILES string of the molecule is CN(C)C/C=C/C(=O)Nc1ccnc(-c2nccc3cnc(Nc4ccc(N5CCOCC5)cc4)nc23)c1. The van der Waals surface area contributed by atoms with Gasteiger partial charge in [-0.05, 0) is 56.6 Å². The third-order valence-corrected chi connectivity index (χ3v) is 6.01. The van der Waals surface area contributed by atoms with Crippen LogP contribution in [0.3, 0.4) is 0 Å². The van der Waals surface area contributed by atoms with Crippen molar-refractivity contribution in [2.45, 2.75) is 0 Å². The number of morpholine rings is 1. The van der Waals surface area contributed by atoms with Gasteiger partial charge in [-0.3, -0.25) is 14.8 Å². The molecule has 0 atom stereocenters. The summed E-state index contributed by atoms with van der Waals surface area (Å²) in [5, 5.41) is 7.01. The van der Waals surface area contributed by atoms with Crippen LogP contribution >= 0.6 is 0 Å². The van der Waals surface area contributed by atoms with Crippen molar-refractivity contribution in [3.8, 4) is 11.4 Å². The largest absolute Gasteiger partial charge is 0.378 e. The number of nitrogens with one attached hydrogen (secondary N) is 2. The zero-order valence-electron chi connectivity index (χ0n) is 21.5. The fourth-order valence-electron chi connectivity index (χ4n) is 4.10. The minimum atomic E-state index is -0.205. The van der Waals surface area contributed by atoms with Gasteiger partial charge in [-0.15, -0.1) is 0 Å². The maximum atomic E-state index is 12.3. The van der Waals surface area contributed by atoms with Crippen LogP contribution in [-0.4, -0.2) is 77.7 Å². The summed E-state index contributed by atoms with van der Waals surface area (Å²) in [5.41, 5.74) is 4.55. The second kappa shape index (κ2) is 11.8. The molecule has 1 aromatic carbocycles. The predicted octanol–water partition coefficient (Wildman–Crippen LogP) is 3.72. The molecule has 194 valence electrons. The van der Waals surface area contributed by atoms with Crippen molar-refractivity contribution in [3.05, 3.63) is 73.2 Å². The van der Waals surface area contributed by atoms with Crippen LogP contribution in [-0.2, 0) is 9.53 Å². The molecule has 0 bridgehead atoms. The maximum Gasteiger partial charge on any atom is 0.248 e. The van der Waals surface area contributed by atoms with Gasteiger partial charge in [-0.1, -0.05) is 6.08 Å². The van der Waals surface area contributed by atoms with Crippen molar-refractivity contribution in [2.75, 3.05) is 62.5 Å². The number of hydrogen-bond donors (Lipinski definition) is 2. The Morgan fingerprint density at radius 3 is 2.61 bits per heavy atom. The number of anilines is 4.